The number of hydrogen-bond acceptors (Lipinski definition) is 5. The van der Waals surface area contributed by atoms with Gasteiger partial charge in [-0.15, -0.1) is 0 Å². The molecule has 1 aromatic heterocycles. The molecule has 2 rings (SSSR count). The maximum absolute atomic E-state index is 10.6. The monoisotopic (exact) mass is 251 g/mol. The number of rotatable bonds is 4. The molecule has 0 spiro atoms. The molecular weight excluding hydrogens is 238 g/mol. The number of thiazole rings is 1. The van der Waals surface area contributed by atoms with Crippen molar-refractivity contribution in [3.05, 3.63) is 23.8 Å². The molecule has 0 aliphatic heterocycles. The third kappa shape index (κ3) is 2.72. The molecule has 90 valence electrons. The standard InChI is InChI=1S/C11H13N3O2S/c12-7(10(15)16)3-1-6-2-4-8-9(5-6)17-11(13)14-8/h2,4-5,7H,1,3,12H2,(H2,13,14)(H,15,16). The van der Waals surface area contributed by atoms with E-state index in [-0.39, 0.29) is 0 Å². The normalized spacial score (nSPS) is 12.8. The molecule has 17 heavy (non-hydrogen) atoms. The highest BCUT2D eigenvalue weighted by atomic mass is 32.1. The Kier molecular flexibility index (Phi) is 3.26. The first-order chi connectivity index (χ1) is 8.06. The summed E-state index contributed by atoms with van der Waals surface area (Å²) in [5, 5.41) is 9.23. The van der Waals surface area contributed by atoms with E-state index >= 15 is 0 Å². The number of nitrogen functional groups attached to an aromatic ring is 1. The fourth-order valence-corrected chi connectivity index (χ4v) is 2.39. The molecule has 2 aromatic rings. The van der Waals surface area contributed by atoms with Gasteiger partial charge in [-0.05, 0) is 30.5 Å². The van der Waals surface area contributed by atoms with Crippen LogP contribution in [0.2, 0.25) is 0 Å². The van der Waals surface area contributed by atoms with E-state index in [9.17, 15) is 4.79 Å². The molecule has 0 saturated heterocycles. The van der Waals surface area contributed by atoms with Gasteiger partial charge in [0.25, 0.3) is 0 Å². The van der Waals surface area contributed by atoms with Crippen molar-refractivity contribution in [2.75, 3.05) is 5.73 Å². The average molecular weight is 251 g/mol. The number of fused-ring (bicyclic) bond motifs is 1. The summed E-state index contributed by atoms with van der Waals surface area (Å²) in [6.07, 6.45) is 1.07. The molecule has 0 bridgehead atoms. The van der Waals surface area contributed by atoms with Crippen molar-refractivity contribution in [2.24, 2.45) is 5.73 Å². The number of benzene rings is 1. The summed E-state index contributed by atoms with van der Waals surface area (Å²) in [6, 6.07) is 5.00. The first-order valence-corrected chi connectivity index (χ1v) is 6.01. The predicted molar refractivity (Wildman–Crippen MR) is 68.0 cm³/mol. The second kappa shape index (κ2) is 4.68. The zero-order valence-electron chi connectivity index (χ0n) is 9.09. The van der Waals surface area contributed by atoms with Crippen LogP contribution in [-0.4, -0.2) is 22.1 Å². The van der Waals surface area contributed by atoms with Crippen LogP contribution >= 0.6 is 11.3 Å². The Balaban J connectivity index is 2.11. The lowest BCUT2D eigenvalue weighted by molar-refractivity contribution is -0.138. The van der Waals surface area contributed by atoms with Crippen LogP contribution in [0.4, 0.5) is 5.13 Å². The summed E-state index contributed by atoms with van der Waals surface area (Å²) in [6.45, 7) is 0. The quantitative estimate of drug-likeness (QED) is 0.758. The van der Waals surface area contributed by atoms with Crippen molar-refractivity contribution in [2.45, 2.75) is 18.9 Å². The highest BCUT2D eigenvalue weighted by Crippen LogP contribution is 2.25. The van der Waals surface area contributed by atoms with Crippen LogP contribution in [0.3, 0.4) is 0 Å². The van der Waals surface area contributed by atoms with Gasteiger partial charge in [0.1, 0.15) is 6.04 Å². The van der Waals surface area contributed by atoms with Crippen LogP contribution in [0.15, 0.2) is 18.2 Å². The lowest BCUT2D eigenvalue weighted by Gasteiger charge is -2.05. The maximum Gasteiger partial charge on any atom is 0.320 e. The highest BCUT2D eigenvalue weighted by molar-refractivity contribution is 7.22. The minimum absolute atomic E-state index is 0.426. The molecule has 0 aliphatic carbocycles. The number of anilines is 1. The Morgan fingerprint density at radius 3 is 3.00 bits per heavy atom. The van der Waals surface area contributed by atoms with Gasteiger partial charge in [0.15, 0.2) is 5.13 Å². The number of aromatic nitrogens is 1. The minimum Gasteiger partial charge on any atom is -0.480 e. The molecule has 0 amide bonds. The zero-order chi connectivity index (χ0) is 12.4. The van der Waals surface area contributed by atoms with Crippen molar-refractivity contribution in [3.63, 3.8) is 0 Å². The number of hydrogen-bond donors (Lipinski definition) is 3. The largest absolute Gasteiger partial charge is 0.480 e. The first-order valence-electron chi connectivity index (χ1n) is 5.19. The van der Waals surface area contributed by atoms with Gasteiger partial charge in [-0.1, -0.05) is 17.4 Å². The van der Waals surface area contributed by atoms with Crippen molar-refractivity contribution >= 4 is 32.7 Å². The van der Waals surface area contributed by atoms with E-state index < -0.39 is 12.0 Å². The Morgan fingerprint density at radius 1 is 1.53 bits per heavy atom. The molecule has 6 heteroatoms. The fraction of sp³-hybridized carbons (Fsp3) is 0.273. The Hall–Kier alpha value is -1.66. The topological polar surface area (TPSA) is 102 Å². The fourth-order valence-electron chi connectivity index (χ4n) is 1.59. The number of aryl methyl sites for hydroxylation is 1. The van der Waals surface area contributed by atoms with Gasteiger partial charge >= 0.3 is 5.97 Å². The summed E-state index contributed by atoms with van der Waals surface area (Å²) >= 11 is 1.43. The van der Waals surface area contributed by atoms with E-state index in [2.05, 4.69) is 4.98 Å². The molecule has 1 unspecified atom stereocenters. The van der Waals surface area contributed by atoms with Gasteiger partial charge in [-0.25, -0.2) is 4.98 Å². The molecule has 1 atom stereocenters. The smallest absolute Gasteiger partial charge is 0.320 e. The third-order valence-corrected chi connectivity index (χ3v) is 3.38. The van der Waals surface area contributed by atoms with Gasteiger partial charge in [0, 0.05) is 0 Å². The lowest BCUT2D eigenvalue weighted by atomic mass is 10.1. The van der Waals surface area contributed by atoms with E-state index in [0.717, 1.165) is 15.8 Å². The molecule has 0 saturated carbocycles. The van der Waals surface area contributed by atoms with Gasteiger partial charge in [-0.3, -0.25) is 4.79 Å². The third-order valence-electron chi connectivity index (χ3n) is 2.53. The molecule has 5 nitrogen and oxygen atoms in total. The van der Waals surface area contributed by atoms with Crippen molar-refractivity contribution in [3.8, 4) is 0 Å². The maximum atomic E-state index is 10.6. The van der Waals surface area contributed by atoms with E-state index in [1.165, 1.54) is 11.3 Å². The number of carboxylic acids is 1. The Bertz CT molecular complexity index is 553. The summed E-state index contributed by atoms with van der Waals surface area (Å²) in [5.74, 6) is -0.965. The highest BCUT2D eigenvalue weighted by Gasteiger charge is 2.11. The van der Waals surface area contributed by atoms with Crippen molar-refractivity contribution < 1.29 is 9.90 Å². The Labute approximate surface area is 102 Å². The molecule has 1 heterocycles. The van der Waals surface area contributed by atoms with E-state index in [1.54, 1.807) is 0 Å². The predicted octanol–water partition coefficient (Wildman–Crippen LogP) is 1.22. The van der Waals surface area contributed by atoms with Crippen molar-refractivity contribution in [1.82, 2.24) is 4.98 Å². The number of carboxylic acid groups (broad SMARTS) is 1. The summed E-state index contributed by atoms with van der Waals surface area (Å²) in [5.41, 5.74) is 13.0. The van der Waals surface area contributed by atoms with Crippen molar-refractivity contribution in [1.29, 1.82) is 0 Å². The average Bonchev–Trinajstić information content (AvgIpc) is 2.64. The second-order valence-electron chi connectivity index (χ2n) is 3.84. The Morgan fingerprint density at radius 2 is 2.29 bits per heavy atom. The first kappa shape index (κ1) is 11.8. The van der Waals surface area contributed by atoms with Gasteiger partial charge in [-0.2, -0.15) is 0 Å². The van der Waals surface area contributed by atoms with Crippen LogP contribution in [0.25, 0.3) is 10.2 Å². The van der Waals surface area contributed by atoms with Crippen LogP contribution in [0, 0.1) is 0 Å². The number of nitrogens with zero attached hydrogens (tertiary/aromatic N) is 1. The van der Waals surface area contributed by atoms with E-state index in [4.69, 9.17) is 16.6 Å². The van der Waals surface area contributed by atoms with Crippen LogP contribution in [0.1, 0.15) is 12.0 Å². The van der Waals surface area contributed by atoms with E-state index in [1.807, 2.05) is 18.2 Å². The van der Waals surface area contributed by atoms with Crippen LogP contribution < -0.4 is 11.5 Å². The SMILES string of the molecule is Nc1nc2ccc(CCC(N)C(=O)O)cc2s1. The number of aliphatic carboxylic acids is 1. The molecule has 5 N–H and O–H groups in total. The molecular formula is C11H13N3O2S. The van der Waals surface area contributed by atoms with Gasteiger partial charge in [0.2, 0.25) is 0 Å². The zero-order valence-corrected chi connectivity index (χ0v) is 9.91. The minimum atomic E-state index is -0.965. The summed E-state index contributed by atoms with van der Waals surface area (Å²) in [7, 11) is 0. The molecule has 1 aromatic carbocycles. The molecule has 0 radical (unpaired) electrons. The lowest BCUT2D eigenvalue weighted by Crippen LogP contribution is -2.30. The second-order valence-corrected chi connectivity index (χ2v) is 4.90. The number of nitrogens with two attached hydrogens (primary N) is 2. The van der Waals surface area contributed by atoms with Crippen LogP contribution in [0.5, 0.6) is 0 Å². The number of carbonyl (C=O) groups is 1. The molecule has 0 fully saturated rings. The van der Waals surface area contributed by atoms with E-state index in [0.29, 0.717) is 18.0 Å². The van der Waals surface area contributed by atoms with Gasteiger partial charge in [0.05, 0.1) is 10.2 Å². The van der Waals surface area contributed by atoms with Crippen LogP contribution in [-0.2, 0) is 11.2 Å². The summed E-state index contributed by atoms with van der Waals surface area (Å²) < 4.78 is 1.02. The summed E-state index contributed by atoms with van der Waals surface area (Å²) in [4.78, 5) is 14.7. The van der Waals surface area contributed by atoms with Gasteiger partial charge < -0.3 is 16.6 Å². The molecule has 0 aliphatic rings.